The zero-order valence-corrected chi connectivity index (χ0v) is 13.9. The quantitative estimate of drug-likeness (QED) is 0.790. The summed E-state index contributed by atoms with van der Waals surface area (Å²) in [6.07, 6.45) is 7.10. The van der Waals surface area contributed by atoms with E-state index in [1.165, 1.54) is 43.2 Å². The summed E-state index contributed by atoms with van der Waals surface area (Å²) in [7, 11) is 0. The minimum Gasteiger partial charge on any atom is -0.369 e. The summed E-state index contributed by atoms with van der Waals surface area (Å²) in [5, 5.41) is 3.45. The smallest absolute Gasteiger partial charge is 0.0952 e. The SMILES string of the molecule is CCNCC(OC1CCCC(CC)C1)c1ccc(C)cc1. The van der Waals surface area contributed by atoms with Crippen LogP contribution >= 0.6 is 0 Å². The van der Waals surface area contributed by atoms with Gasteiger partial charge in [-0.1, -0.05) is 62.9 Å². The van der Waals surface area contributed by atoms with Crippen molar-refractivity contribution in [3.63, 3.8) is 0 Å². The summed E-state index contributed by atoms with van der Waals surface area (Å²) < 4.78 is 6.49. The predicted molar refractivity (Wildman–Crippen MR) is 89.6 cm³/mol. The standard InChI is InChI=1S/C19H31NO/c1-4-16-7-6-8-18(13-16)21-19(14-20-5-2)17-11-9-15(3)10-12-17/h9-12,16,18-20H,4-8,13-14H2,1-3H3. The van der Waals surface area contributed by atoms with Gasteiger partial charge in [-0.3, -0.25) is 0 Å². The Balaban J connectivity index is 2.00. The van der Waals surface area contributed by atoms with Gasteiger partial charge in [0.1, 0.15) is 0 Å². The molecule has 3 atom stereocenters. The molecule has 1 aromatic rings. The first-order chi connectivity index (χ1) is 10.2. The lowest BCUT2D eigenvalue weighted by Gasteiger charge is -2.32. The van der Waals surface area contributed by atoms with Crippen LogP contribution in [0.2, 0.25) is 0 Å². The maximum Gasteiger partial charge on any atom is 0.0952 e. The lowest BCUT2D eigenvalue weighted by Crippen LogP contribution is -2.29. The third-order valence-electron chi connectivity index (χ3n) is 4.70. The second-order valence-electron chi connectivity index (χ2n) is 6.41. The molecule has 1 aliphatic carbocycles. The molecule has 1 fully saturated rings. The van der Waals surface area contributed by atoms with Crippen molar-refractivity contribution in [3.8, 4) is 0 Å². The predicted octanol–water partition coefficient (Wildman–Crippen LogP) is 4.63. The van der Waals surface area contributed by atoms with Crippen LogP contribution in [0.5, 0.6) is 0 Å². The minimum absolute atomic E-state index is 0.186. The number of hydrogen-bond acceptors (Lipinski definition) is 2. The van der Waals surface area contributed by atoms with Crippen LogP contribution in [0.1, 0.15) is 63.2 Å². The van der Waals surface area contributed by atoms with E-state index in [0.29, 0.717) is 6.10 Å². The van der Waals surface area contributed by atoms with Crippen LogP contribution in [-0.2, 0) is 4.74 Å². The molecule has 0 bridgehead atoms. The van der Waals surface area contributed by atoms with Crippen LogP contribution in [0.15, 0.2) is 24.3 Å². The van der Waals surface area contributed by atoms with Crippen molar-refractivity contribution in [2.45, 2.75) is 65.1 Å². The molecule has 1 aliphatic rings. The van der Waals surface area contributed by atoms with Crippen LogP contribution in [0.4, 0.5) is 0 Å². The lowest BCUT2D eigenvalue weighted by molar-refractivity contribution is -0.0413. The Hall–Kier alpha value is -0.860. The molecule has 0 radical (unpaired) electrons. The summed E-state index contributed by atoms with van der Waals surface area (Å²) in [6.45, 7) is 8.50. The number of benzene rings is 1. The molecule has 0 aliphatic heterocycles. The van der Waals surface area contributed by atoms with Crippen LogP contribution in [0.25, 0.3) is 0 Å². The van der Waals surface area contributed by atoms with Crippen LogP contribution in [-0.4, -0.2) is 19.2 Å². The number of rotatable bonds is 7. The Morgan fingerprint density at radius 1 is 1.19 bits per heavy atom. The topological polar surface area (TPSA) is 21.3 Å². The van der Waals surface area contributed by atoms with Crippen molar-refractivity contribution in [1.29, 1.82) is 0 Å². The number of nitrogens with one attached hydrogen (secondary N) is 1. The number of hydrogen-bond donors (Lipinski definition) is 1. The van der Waals surface area contributed by atoms with E-state index in [-0.39, 0.29) is 6.10 Å². The van der Waals surface area contributed by atoms with E-state index < -0.39 is 0 Å². The maximum absolute atomic E-state index is 6.49. The summed E-state index contributed by atoms with van der Waals surface area (Å²) in [5.74, 6) is 0.863. The molecule has 1 aromatic carbocycles. The highest BCUT2D eigenvalue weighted by atomic mass is 16.5. The Morgan fingerprint density at radius 2 is 1.95 bits per heavy atom. The molecule has 0 amide bonds. The van der Waals surface area contributed by atoms with Crippen molar-refractivity contribution < 1.29 is 4.74 Å². The van der Waals surface area contributed by atoms with Gasteiger partial charge in [0.25, 0.3) is 0 Å². The van der Waals surface area contributed by atoms with Gasteiger partial charge in [0.2, 0.25) is 0 Å². The van der Waals surface area contributed by atoms with E-state index in [0.717, 1.165) is 19.0 Å². The van der Waals surface area contributed by atoms with E-state index in [9.17, 15) is 0 Å². The van der Waals surface area contributed by atoms with Crippen LogP contribution in [0, 0.1) is 12.8 Å². The van der Waals surface area contributed by atoms with Crippen LogP contribution < -0.4 is 5.32 Å². The summed E-state index contributed by atoms with van der Waals surface area (Å²) >= 11 is 0. The molecule has 0 heterocycles. The molecular formula is C19H31NO. The molecular weight excluding hydrogens is 258 g/mol. The maximum atomic E-state index is 6.49. The normalized spacial score (nSPS) is 24.0. The van der Waals surface area contributed by atoms with Crippen molar-refractivity contribution in [2.75, 3.05) is 13.1 Å². The summed E-state index contributed by atoms with van der Waals surface area (Å²) in [6, 6.07) is 8.82. The van der Waals surface area contributed by atoms with Crippen molar-refractivity contribution in [2.24, 2.45) is 5.92 Å². The third kappa shape index (κ3) is 5.12. The molecule has 0 spiro atoms. The van der Waals surface area contributed by atoms with Gasteiger partial charge >= 0.3 is 0 Å². The van der Waals surface area contributed by atoms with Gasteiger partial charge in [0.15, 0.2) is 0 Å². The molecule has 118 valence electrons. The largest absolute Gasteiger partial charge is 0.369 e. The second kappa shape index (κ2) is 8.55. The zero-order chi connectivity index (χ0) is 15.1. The fraction of sp³-hybridized carbons (Fsp3) is 0.684. The van der Waals surface area contributed by atoms with Crippen molar-refractivity contribution in [1.82, 2.24) is 5.32 Å². The highest BCUT2D eigenvalue weighted by Crippen LogP contribution is 2.31. The average molecular weight is 289 g/mol. The van der Waals surface area contributed by atoms with Gasteiger partial charge in [-0.25, -0.2) is 0 Å². The zero-order valence-electron chi connectivity index (χ0n) is 13.9. The minimum atomic E-state index is 0.186. The Labute approximate surface area is 130 Å². The fourth-order valence-electron chi connectivity index (χ4n) is 3.27. The van der Waals surface area contributed by atoms with Gasteiger partial charge in [0.05, 0.1) is 12.2 Å². The first-order valence-corrected chi connectivity index (χ1v) is 8.65. The number of likely N-dealkylation sites (N-methyl/N-ethyl adjacent to an activating group) is 1. The Kier molecular flexibility index (Phi) is 6.72. The molecule has 1 N–H and O–H groups in total. The van der Waals surface area contributed by atoms with Gasteiger partial charge in [-0.15, -0.1) is 0 Å². The highest BCUT2D eigenvalue weighted by molar-refractivity contribution is 5.23. The van der Waals surface area contributed by atoms with Crippen LogP contribution in [0.3, 0.4) is 0 Å². The van der Waals surface area contributed by atoms with Gasteiger partial charge in [-0.2, -0.15) is 0 Å². The molecule has 3 unspecified atom stereocenters. The third-order valence-corrected chi connectivity index (χ3v) is 4.70. The van der Waals surface area contributed by atoms with Gasteiger partial charge in [-0.05, 0) is 37.8 Å². The first-order valence-electron chi connectivity index (χ1n) is 8.65. The number of ether oxygens (including phenoxy) is 1. The monoisotopic (exact) mass is 289 g/mol. The van der Waals surface area contributed by atoms with Crippen molar-refractivity contribution in [3.05, 3.63) is 35.4 Å². The Morgan fingerprint density at radius 3 is 2.62 bits per heavy atom. The lowest BCUT2D eigenvalue weighted by atomic mass is 9.85. The van der Waals surface area contributed by atoms with Gasteiger partial charge in [0, 0.05) is 6.54 Å². The van der Waals surface area contributed by atoms with Gasteiger partial charge < -0.3 is 10.1 Å². The number of aryl methyl sites for hydroxylation is 1. The van der Waals surface area contributed by atoms with Crippen molar-refractivity contribution >= 4 is 0 Å². The molecule has 2 rings (SSSR count). The molecule has 21 heavy (non-hydrogen) atoms. The van der Waals surface area contributed by atoms with E-state index in [1.54, 1.807) is 0 Å². The summed E-state index contributed by atoms with van der Waals surface area (Å²) in [4.78, 5) is 0. The first kappa shape index (κ1) is 16.5. The molecule has 2 heteroatoms. The molecule has 0 saturated heterocycles. The molecule has 2 nitrogen and oxygen atoms in total. The van der Waals surface area contributed by atoms with E-state index in [4.69, 9.17) is 4.74 Å². The van der Waals surface area contributed by atoms with E-state index in [1.807, 2.05) is 0 Å². The molecule has 0 aromatic heterocycles. The summed E-state index contributed by atoms with van der Waals surface area (Å²) in [5.41, 5.74) is 2.62. The highest BCUT2D eigenvalue weighted by Gasteiger charge is 2.24. The Bertz CT molecular complexity index is 401. The van der Waals surface area contributed by atoms with E-state index >= 15 is 0 Å². The second-order valence-corrected chi connectivity index (χ2v) is 6.41. The fourth-order valence-corrected chi connectivity index (χ4v) is 3.27. The molecule has 1 saturated carbocycles. The van der Waals surface area contributed by atoms with E-state index in [2.05, 4.69) is 50.4 Å². The average Bonchev–Trinajstić information content (AvgIpc) is 2.52.